The molecule has 0 aliphatic carbocycles. The maximum atomic E-state index is 5.89. The Morgan fingerprint density at radius 1 is 0.395 bits per heavy atom. The quantitative estimate of drug-likeness (QED) is 0.140. The number of nitrogen functional groups attached to an aromatic ring is 4. The van der Waals surface area contributed by atoms with Crippen LogP contribution in [0.3, 0.4) is 0 Å². The van der Waals surface area contributed by atoms with Gasteiger partial charge < -0.3 is 44.2 Å². The van der Waals surface area contributed by atoms with Crippen LogP contribution in [0.1, 0.15) is 0 Å². The van der Waals surface area contributed by atoms with Gasteiger partial charge >= 0.3 is 0 Å². The first kappa shape index (κ1) is 23.8. The molecule has 190 valence electrons. The van der Waals surface area contributed by atoms with E-state index in [1.54, 1.807) is 24.3 Å². The van der Waals surface area contributed by atoms with Gasteiger partial charge in [0.1, 0.15) is 0 Å². The molecule has 0 radical (unpaired) electrons. The van der Waals surface area contributed by atoms with Crippen LogP contribution in [0, 0.1) is 0 Å². The maximum Gasteiger partial charge on any atom is 0.233 e. The molecule has 0 spiro atoms. The number of anilines is 12. The zero-order chi connectivity index (χ0) is 26.5. The molecule has 5 rings (SSSR count). The van der Waals surface area contributed by atoms with Gasteiger partial charge in [0.25, 0.3) is 0 Å². The molecule has 14 heteroatoms. The van der Waals surface area contributed by atoms with Crippen molar-refractivity contribution in [3.8, 4) is 0 Å². The third-order valence-corrected chi connectivity index (χ3v) is 4.97. The number of nitrogens with zero attached hydrogens (tertiary/aromatic N) is 6. The Morgan fingerprint density at radius 2 is 0.711 bits per heavy atom. The second kappa shape index (κ2) is 10.4. The Morgan fingerprint density at radius 3 is 1.05 bits per heavy atom. The monoisotopic (exact) mass is 508 g/mol. The van der Waals surface area contributed by atoms with Crippen LogP contribution in [0.15, 0.2) is 72.8 Å². The first-order chi connectivity index (χ1) is 18.4. The van der Waals surface area contributed by atoms with Crippen LogP contribution in [0.5, 0.6) is 0 Å². The highest BCUT2D eigenvalue weighted by molar-refractivity contribution is 5.67. The normalized spacial score (nSPS) is 10.5. The molecule has 0 aliphatic heterocycles. The Kier molecular flexibility index (Phi) is 6.49. The number of hydrogen-bond acceptors (Lipinski definition) is 14. The van der Waals surface area contributed by atoms with E-state index in [1.807, 2.05) is 48.5 Å². The van der Waals surface area contributed by atoms with Crippen molar-refractivity contribution in [1.29, 1.82) is 0 Å². The standard InChI is InChI=1S/C24H24N14/c25-13-4-1-6-15(10-13)29-21-33-19(27)35-23(37-21)31-17-8-3-9-18(12-17)32-24-36-20(28)34-22(38-24)30-16-7-2-5-14(26)11-16/h1-12H,25-26H2,(H4,27,29,31,33,35,37)(H4,28,30,32,34,36,38). The molecule has 0 unspecified atom stereocenters. The van der Waals surface area contributed by atoms with E-state index >= 15 is 0 Å². The molecule has 5 aromatic rings. The van der Waals surface area contributed by atoms with Crippen molar-refractivity contribution >= 4 is 69.8 Å². The van der Waals surface area contributed by atoms with E-state index in [2.05, 4.69) is 51.2 Å². The van der Waals surface area contributed by atoms with Gasteiger partial charge in [0.05, 0.1) is 0 Å². The molecule has 0 fully saturated rings. The second-order valence-corrected chi connectivity index (χ2v) is 8.01. The van der Waals surface area contributed by atoms with Crippen LogP contribution >= 0.6 is 0 Å². The molecule has 38 heavy (non-hydrogen) atoms. The molecule has 0 amide bonds. The van der Waals surface area contributed by atoms with Crippen molar-refractivity contribution in [3.05, 3.63) is 72.8 Å². The third-order valence-electron chi connectivity index (χ3n) is 4.97. The van der Waals surface area contributed by atoms with Gasteiger partial charge in [-0.25, -0.2) is 0 Å². The van der Waals surface area contributed by atoms with Crippen molar-refractivity contribution in [2.45, 2.75) is 0 Å². The van der Waals surface area contributed by atoms with Gasteiger partial charge in [-0.05, 0) is 54.6 Å². The summed E-state index contributed by atoms with van der Waals surface area (Å²) in [6.07, 6.45) is 0. The molecule has 0 saturated carbocycles. The highest BCUT2D eigenvalue weighted by atomic mass is 15.3. The van der Waals surface area contributed by atoms with E-state index in [0.717, 1.165) is 0 Å². The van der Waals surface area contributed by atoms with Crippen molar-refractivity contribution < 1.29 is 0 Å². The minimum absolute atomic E-state index is 0.0454. The summed E-state index contributed by atoms with van der Waals surface area (Å²) in [5, 5.41) is 12.4. The van der Waals surface area contributed by atoms with Crippen molar-refractivity contribution in [2.24, 2.45) is 0 Å². The molecule has 2 aromatic heterocycles. The van der Waals surface area contributed by atoms with E-state index in [9.17, 15) is 0 Å². The van der Waals surface area contributed by atoms with Crippen molar-refractivity contribution in [3.63, 3.8) is 0 Å². The predicted octanol–water partition coefficient (Wildman–Crippen LogP) is 3.36. The fraction of sp³-hybridized carbons (Fsp3) is 0. The highest BCUT2D eigenvalue weighted by Gasteiger charge is 2.09. The van der Waals surface area contributed by atoms with Gasteiger partial charge in [-0.1, -0.05) is 18.2 Å². The lowest BCUT2D eigenvalue weighted by Crippen LogP contribution is -2.08. The first-order valence-electron chi connectivity index (χ1n) is 11.3. The molecule has 0 saturated heterocycles. The van der Waals surface area contributed by atoms with Gasteiger partial charge in [-0.15, -0.1) is 0 Å². The van der Waals surface area contributed by atoms with Gasteiger partial charge in [0, 0.05) is 34.1 Å². The zero-order valence-corrected chi connectivity index (χ0v) is 19.9. The number of rotatable bonds is 8. The molecule has 14 nitrogen and oxygen atoms in total. The lowest BCUT2D eigenvalue weighted by Gasteiger charge is -2.11. The number of nitrogens with two attached hydrogens (primary N) is 4. The molecule has 12 N–H and O–H groups in total. The summed E-state index contributed by atoms with van der Waals surface area (Å²) in [5.41, 5.74) is 27.5. The zero-order valence-electron chi connectivity index (χ0n) is 19.9. The van der Waals surface area contributed by atoms with E-state index in [4.69, 9.17) is 22.9 Å². The Bertz CT molecular complexity index is 1470. The summed E-state index contributed by atoms with van der Waals surface area (Å²) in [4.78, 5) is 25.4. The molecular formula is C24H24N14. The van der Waals surface area contributed by atoms with E-state index < -0.39 is 0 Å². The Labute approximate surface area is 217 Å². The van der Waals surface area contributed by atoms with Gasteiger partial charge in [-0.2, -0.15) is 29.9 Å². The summed E-state index contributed by atoms with van der Waals surface area (Å²) in [6.45, 7) is 0. The summed E-state index contributed by atoms with van der Waals surface area (Å²) < 4.78 is 0. The van der Waals surface area contributed by atoms with Crippen LogP contribution in [-0.4, -0.2) is 29.9 Å². The Balaban J connectivity index is 1.31. The summed E-state index contributed by atoms with van der Waals surface area (Å²) in [6, 6.07) is 21.7. The molecule has 3 aromatic carbocycles. The lowest BCUT2D eigenvalue weighted by molar-refractivity contribution is 1.07. The van der Waals surface area contributed by atoms with Gasteiger partial charge in [0.2, 0.25) is 35.7 Å². The fourth-order valence-corrected chi connectivity index (χ4v) is 3.43. The number of aromatic nitrogens is 6. The second-order valence-electron chi connectivity index (χ2n) is 8.01. The maximum absolute atomic E-state index is 5.89. The molecule has 0 bridgehead atoms. The average Bonchev–Trinajstić information content (AvgIpc) is 2.83. The Hall–Kier alpha value is -5.92. The molecule has 0 atom stereocenters. The molecule has 2 heterocycles. The van der Waals surface area contributed by atoms with Crippen LogP contribution in [0.4, 0.5) is 69.8 Å². The minimum atomic E-state index is 0.0454. The average molecular weight is 509 g/mol. The fourth-order valence-electron chi connectivity index (χ4n) is 3.43. The van der Waals surface area contributed by atoms with Gasteiger partial charge in [-0.3, -0.25) is 0 Å². The van der Waals surface area contributed by atoms with Crippen molar-refractivity contribution in [2.75, 3.05) is 44.2 Å². The third kappa shape index (κ3) is 6.19. The highest BCUT2D eigenvalue weighted by Crippen LogP contribution is 2.23. The van der Waals surface area contributed by atoms with E-state index in [1.165, 1.54) is 0 Å². The lowest BCUT2D eigenvalue weighted by atomic mass is 10.3. The summed E-state index contributed by atoms with van der Waals surface area (Å²) in [5.74, 6) is 1.12. The van der Waals surface area contributed by atoms with Crippen LogP contribution < -0.4 is 44.2 Å². The van der Waals surface area contributed by atoms with Crippen molar-refractivity contribution in [1.82, 2.24) is 29.9 Å². The number of nitrogens with one attached hydrogen (secondary N) is 4. The van der Waals surface area contributed by atoms with Gasteiger partial charge in [0.15, 0.2) is 0 Å². The smallest absolute Gasteiger partial charge is 0.233 e. The number of hydrogen-bond donors (Lipinski definition) is 8. The van der Waals surface area contributed by atoms with E-state index in [0.29, 0.717) is 34.1 Å². The van der Waals surface area contributed by atoms with Crippen LogP contribution in [-0.2, 0) is 0 Å². The number of benzene rings is 3. The van der Waals surface area contributed by atoms with E-state index in [-0.39, 0.29) is 35.7 Å². The predicted molar refractivity (Wildman–Crippen MR) is 150 cm³/mol. The molecular weight excluding hydrogens is 484 g/mol. The molecule has 0 aliphatic rings. The van der Waals surface area contributed by atoms with Crippen LogP contribution in [0.2, 0.25) is 0 Å². The largest absolute Gasteiger partial charge is 0.399 e. The SMILES string of the molecule is Nc1cccc(Nc2nc(N)nc(Nc3cccc(Nc4nc(N)nc(Nc5cccc(N)c5)n4)c3)n2)c1. The minimum Gasteiger partial charge on any atom is -0.399 e. The summed E-state index contributed by atoms with van der Waals surface area (Å²) in [7, 11) is 0. The van der Waals surface area contributed by atoms with Crippen LogP contribution in [0.25, 0.3) is 0 Å². The topological polar surface area (TPSA) is 230 Å². The summed E-state index contributed by atoms with van der Waals surface area (Å²) >= 11 is 0. The first-order valence-corrected chi connectivity index (χ1v) is 11.3.